The number of amides is 1. The molecule has 0 bridgehead atoms. The van der Waals surface area contributed by atoms with Crippen molar-refractivity contribution in [3.8, 4) is 0 Å². The summed E-state index contributed by atoms with van der Waals surface area (Å²) in [6.07, 6.45) is 3.46. The fraction of sp³-hybridized carbons (Fsp3) is 0.467. The highest BCUT2D eigenvalue weighted by atomic mass is 32.1. The normalized spacial score (nSPS) is 12.8. The molecule has 0 aromatic carbocycles. The topological polar surface area (TPSA) is 57.6 Å². The van der Waals surface area contributed by atoms with Gasteiger partial charge in [0, 0.05) is 19.2 Å². The molecule has 0 radical (unpaired) electrons. The van der Waals surface area contributed by atoms with Crippen LogP contribution in [0.15, 0.2) is 17.5 Å². The molecule has 1 aromatic heterocycles. The van der Waals surface area contributed by atoms with Crippen molar-refractivity contribution in [2.75, 3.05) is 7.05 Å². The third-order valence-electron chi connectivity index (χ3n) is 3.09. The summed E-state index contributed by atoms with van der Waals surface area (Å²) in [6.45, 7) is 6.28. The molecule has 4 nitrogen and oxygen atoms in total. The first-order chi connectivity index (χ1) is 9.32. The van der Waals surface area contributed by atoms with Crippen LogP contribution in [-0.2, 0) is 4.79 Å². The van der Waals surface area contributed by atoms with Crippen molar-refractivity contribution in [3.05, 3.63) is 28.0 Å². The molecule has 0 aliphatic carbocycles. The Labute approximate surface area is 123 Å². The Balaban J connectivity index is 2.87. The Bertz CT molecular complexity index is 505. The van der Waals surface area contributed by atoms with E-state index in [4.69, 9.17) is 5.11 Å². The minimum absolute atomic E-state index is 0.0572. The van der Waals surface area contributed by atoms with Gasteiger partial charge >= 0.3 is 5.97 Å². The van der Waals surface area contributed by atoms with E-state index in [1.165, 1.54) is 17.4 Å². The second-order valence-corrected chi connectivity index (χ2v) is 6.19. The highest BCUT2D eigenvalue weighted by Crippen LogP contribution is 2.22. The van der Waals surface area contributed by atoms with Gasteiger partial charge in [0.05, 0.1) is 4.88 Å². The van der Waals surface area contributed by atoms with Gasteiger partial charge in [0.1, 0.15) is 0 Å². The number of carboxylic acids is 1. The zero-order valence-corrected chi connectivity index (χ0v) is 13.1. The molecule has 1 atom stereocenters. The van der Waals surface area contributed by atoms with Gasteiger partial charge in [-0.1, -0.05) is 13.8 Å². The van der Waals surface area contributed by atoms with Crippen LogP contribution in [0.5, 0.6) is 0 Å². The molecule has 0 saturated heterocycles. The molecule has 1 aromatic rings. The largest absolute Gasteiger partial charge is 0.478 e. The van der Waals surface area contributed by atoms with Crippen molar-refractivity contribution < 1.29 is 14.7 Å². The van der Waals surface area contributed by atoms with Crippen molar-refractivity contribution in [2.24, 2.45) is 5.92 Å². The Morgan fingerprint density at radius 3 is 2.60 bits per heavy atom. The molecule has 0 fully saturated rings. The maximum atomic E-state index is 12.4. The van der Waals surface area contributed by atoms with Gasteiger partial charge in [-0.3, -0.25) is 4.79 Å². The van der Waals surface area contributed by atoms with Crippen LogP contribution in [-0.4, -0.2) is 35.0 Å². The number of hydrogen-bond acceptors (Lipinski definition) is 3. The minimum Gasteiger partial charge on any atom is -0.478 e. The number of nitrogens with zero attached hydrogens (tertiary/aromatic N) is 1. The van der Waals surface area contributed by atoms with E-state index < -0.39 is 5.97 Å². The van der Waals surface area contributed by atoms with E-state index in [0.717, 1.165) is 12.5 Å². The van der Waals surface area contributed by atoms with Crippen LogP contribution in [0.25, 0.3) is 6.08 Å². The molecule has 1 N–H and O–H groups in total. The van der Waals surface area contributed by atoms with Crippen LogP contribution in [0, 0.1) is 5.92 Å². The van der Waals surface area contributed by atoms with Crippen LogP contribution in [0.3, 0.4) is 0 Å². The lowest BCUT2D eigenvalue weighted by atomic mass is 10.0. The van der Waals surface area contributed by atoms with Gasteiger partial charge in [0.2, 0.25) is 0 Å². The van der Waals surface area contributed by atoms with E-state index >= 15 is 0 Å². The van der Waals surface area contributed by atoms with Crippen molar-refractivity contribution in [3.63, 3.8) is 0 Å². The molecule has 0 spiro atoms. The summed E-state index contributed by atoms with van der Waals surface area (Å²) in [5.74, 6) is -0.552. The lowest BCUT2D eigenvalue weighted by Crippen LogP contribution is -2.35. The van der Waals surface area contributed by atoms with Gasteiger partial charge in [-0.2, -0.15) is 0 Å². The maximum Gasteiger partial charge on any atom is 0.328 e. The lowest BCUT2D eigenvalue weighted by molar-refractivity contribution is -0.131. The first-order valence-corrected chi connectivity index (χ1v) is 7.46. The molecular formula is C15H21NO3S. The van der Waals surface area contributed by atoms with E-state index in [-0.39, 0.29) is 11.9 Å². The molecule has 0 saturated carbocycles. The van der Waals surface area contributed by atoms with Crippen molar-refractivity contribution >= 4 is 29.3 Å². The molecule has 0 aliphatic heterocycles. The fourth-order valence-corrected chi connectivity index (χ4v) is 2.85. The zero-order chi connectivity index (χ0) is 15.3. The fourth-order valence-electron chi connectivity index (χ4n) is 1.99. The van der Waals surface area contributed by atoms with E-state index in [1.54, 1.807) is 23.4 Å². The van der Waals surface area contributed by atoms with Crippen molar-refractivity contribution in [1.29, 1.82) is 0 Å². The van der Waals surface area contributed by atoms with Crippen LogP contribution >= 0.6 is 11.3 Å². The van der Waals surface area contributed by atoms with E-state index in [9.17, 15) is 9.59 Å². The Hall–Kier alpha value is -1.62. The van der Waals surface area contributed by atoms with E-state index in [1.807, 2.05) is 6.92 Å². The molecule has 20 heavy (non-hydrogen) atoms. The summed E-state index contributed by atoms with van der Waals surface area (Å²) in [4.78, 5) is 25.3. The Morgan fingerprint density at radius 2 is 2.05 bits per heavy atom. The van der Waals surface area contributed by atoms with Gasteiger partial charge < -0.3 is 10.0 Å². The standard InChI is InChI=1S/C15H21NO3S/c1-10(2)9-11(3)16(4)15(19)14-12(7-8-20-14)5-6-13(17)18/h5-8,10-11H,9H2,1-4H3,(H,17,18). The monoisotopic (exact) mass is 295 g/mol. The highest BCUT2D eigenvalue weighted by molar-refractivity contribution is 7.12. The maximum absolute atomic E-state index is 12.4. The number of carbonyl (C=O) groups excluding carboxylic acids is 1. The number of thiophene rings is 1. The summed E-state index contributed by atoms with van der Waals surface area (Å²) in [6, 6.07) is 1.92. The van der Waals surface area contributed by atoms with E-state index in [2.05, 4.69) is 13.8 Å². The van der Waals surface area contributed by atoms with Crippen LogP contribution in [0.4, 0.5) is 0 Å². The summed E-state index contributed by atoms with van der Waals surface area (Å²) < 4.78 is 0. The second-order valence-electron chi connectivity index (χ2n) is 5.27. The van der Waals surface area contributed by atoms with Gasteiger partial charge in [0.25, 0.3) is 5.91 Å². The highest BCUT2D eigenvalue weighted by Gasteiger charge is 2.21. The van der Waals surface area contributed by atoms with Crippen LogP contribution < -0.4 is 0 Å². The van der Waals surface area contributed by atoms with Gasteiger partial charge in [-0.05, 0) is 42.3 Å². The van der Waals surface area contributed by atoms with Gasteiger partial charge in [-0.25, -0.2) is 4.79 Å². The first-order valence-electron chi connectivity index (χ1n) is 6.58. The summed E-state index contributed by atoms with van der Waals surface area (Å²) in [5, 5.41) is 10.5. The van der Waals surface area contributed by atoms with Crippen molar-refractivity contribution in [2.45, 2.75) is 33.2 Å². The van der Waals surface area contributed by atoms with Gasteiger partial charge in [0.15, 0.2) is 0 Å². The summed E-state index contributed by atoms with van der Waals surface area (Å²) >= 11 is 1.34. The second kappa shape index (κ2) is 7.24. The predicted octanol–water partition coefficient (Wildman–Crippen LogP) is 3.35. The Morgan fingerprint density at radius 1 is 1.40 bits per heavy atom. The van der Waals surface area contributed by atoms with Crippen LogP contribution in [0.1, 0.15) is 42.4 Å². The molecular weight excluding hydrogens is 274 g/mol. The smallest absolute Gasteiger partial charge is 0.328 e. The molecule has 5 heteroatoms. The molecule has 1 amide bonds. The lowest BCUT2D eigenvalue weighted by Gasteiger charge is -2.26. The predicted molar refractivity (Wildman–Crippen MR) is 82.0 cm³/mol. The molecule has 110 valence electrons. The van der Waals surface area contributed by atoms with Crippen LogP contribution in [0.2, 0.25) is 0 Å². The van der Waals surface area contributed by atoms with E-state index in [0.29, 0.717) is 16.4 Å². The Kier molecular flexibility index (Phi) is 5.95. The first kappa shape index (κ1) is 16.4. The molecule has 1 unspecified atom stereocenters. The number of aliphatic carboxylic acids is 1. The average Bonchev–Trinajstić information content (AvgIpc) is 2.81. The van der Waals surface area contributed by atoms with Gasteiger partial charge in [-0.15, -0.1) is 11.3 Å². The average molecular weight is 295 g/mol. The SMILES string of the molecule is CC(C)CC(C)N(C)C(=O)c1sccc1C=CC(=O)O. The number of hydrogen-bond donors (Lipinski definition) is 1. The summed E-state index contributed by atoms with van der Waals surface area (Å²) in [7, 11) is 1.79. The minimum atomic E-state index is -1.02. The molecule has 1 heterocycles. The quantitative estimate of drug-likeness (QED) is 0.819. The third-order valence-corrected chi connectivity index (χ3v) is 4.01. The van der Waals surface area contributed by atoms with Crippen molar-refractivity contribution in [1.82, 2.24) is 4.90 Å². The third kappa shape index (κ3) is 4.49. The number of carboxylic acid groups (broad SMARTS) is 1. The molecule has 0 aliphatic rings. The molecule has 1 rings (SSSR count). The summed E-state index contributed by atoms with van der Waals surface area (Å²) in [5.41, 5.74) is 0.658. The number of carbonyl (C=O) groups is 2. The zero-order valence-electron chi connectivity index (χ0n) is 12.3. The number of rotatable bonds is 6.